The Balaban J connectivity index is 3.29. The van der Waals surface area contributed by atoms with Crippen LogP contribution in [0.5, 0.6) is 0 Å². The molecule has 0 spiro atoms. The lowest BCUT2D eigenvalue weighted by Gasteiger charge is -2.09. The van der Waals surface area contributed by atoms with Crippen LogP contribution < -0.4 is 0 Å². The molecule has 4 heteroatoms. The topological polar surface area (TPSA) is 17.1 Å². The van der Waals surface area contributed by atoms with Gasteiger partial charge in [0.15, 0.2) is 5.78 Å². The van der Waals surface area contributed by atoms with E-state index in [-0.39, 0.29) is 5.56 Å². The second-order valence-corrected chi connectivity index (χ2v) is 3.10. The maximum atomic E-state index is 12.3. The van der Waals surface area contributed by atoms with Crippen molar-refractivity contribution in [3.63, 3.8) is 0 Å². The predicted octanol–water partition coefficient (Wildman–Crippen LogP) is 3.38. The van der Waals surface area contributed by atoms with E-state index in [1.165, 1.54) is 6.07 Å². The molecule has 0 radical (unpaired) electrons. The summed E-state index contributed by atoms with van der Waals surface area (Å²) in [5.41, 5.74) is -0.272. The summed E-state index contributed by atoms with van der Waals surface area (Å²) >= 11 is 0. The van der Waals surface area contributed by atoms with E-state index in [4.69, 9.17) is 0 Å². The molecule has 0 N–H and O–H groups in total. The van der Waals surface area contributed by atoms with Crippen LogP contribution in [0.1, 0.15) is 21.5 Å². The van der Waals surface area contributed by atoms with Crippen LogP contribution in [-0.2, 0) is 6.18 Å². The third kappa shape index (κ3) is 2.46. The first kappa shape index (κ1) is 11.5. The minimum absolute atomic E-state index is 0.0415. The van der Waals surface area contributed by atoms with Crippen LogP contribution in [0.3, 0.4) is 0 Å². The SMILES string of the molecule is C=CC(=O)c1cc(C(F)(F)F)ccc1C. The Morgan fingerprint density at radius 2 is 2.00 bits per heavy atom. The molecule has 0 heterocycles. The van der Waals surface area contributed by atoms with Gasteiger partial charge in [0.1, 0.15) is 0 Å². The lowest BCUT2D eigenvalue weighted by Crippen LogP contribution is -2.07. The van der Waals surface area contributed by atoms with Crippen molar-refractivity contribution in [3.05, 3.63) is 47.5 Å². The summed E-state index contributed by atoms with van der Waals surface area (Å²) in [7, 11) is 0. The molecule has 80 valence electrons. The van der Waals surface area contributed by atoms with E-state index >= 15 is 0 Å². The van der Waals surface area contributed by atoms with Gasteiger partial charge in [0.25, 0.3) is 0 Å². The van der Waals surface area contributed by atoms with Gasteiger partial charge in [0.2, 0.25) is 0 Å². The molecule has 0 unspecified atom stereocenters. The van der Waals surface area contributed by atoms with Crippen LogP contribution in [0.4, 0.5) is 13.2 Å². The summed E-state index contributed by atoms with van der Waals surface area (Å²) in [5, 5.41) is 0. The van der Waals surface area contributed by atoms with Crippen LogP contribution >= 0.6 is 0 Å². The molecule has 0 aliphatic rings. The molecule has 15 heavy (non-hydrogen) atoms. The smallest absolute Gasteiger partial charge is 0.289 e. The maximum absolute atomic E-state index is 12.3. The summed E-state index contributed by atoms with van der Waals surface area (Å²) in [6.45, 7) is 4.82. The van der Waals surface area contributed by atoms with Gasteiger partial charge in [0.05, 0.1) is 5.56 Å². The van der Waals surface area contributed by atoms with Gasteiger partial charge in [-0.05, 0) is 30.7 Å². The molecule has 1 nitrogen and oxygen atoms in total. The second-order valence-electron chi connectivity index (χ2n) is 3.10. The molecule has 0 atom stereocenters. The van der Waals surface area contributed by atoms with Crippen LogP contribution in [0, 0.1) is 6.92 Å². The van der Waals surface area contributed by atoms with Gasteiger partial charge in [-0.3, -0.25) is 4.79 Å². The zero-order valence-corrected chi connectivity index (χ0v) is 8.06. The molecular weight excluding hydrogens is 205 g/mol. The second kappa shape index (κ2) is 3.88. The number of aryl methyl sites for hydroxylation is 1. The quantitative estimate of drug-likeness (QED) is 0.544. The largest absolute Gasteiger partial charge is 0.416 e. The fourth-order valence-electron chi connectivity index (χ4n) is 1.17. The van der Waals surface area contributed by atoms with Crippen molar-refractivity contribution in [3.8, 4) is 0 Å². The minimum atomic E-state index is -4.43. The van der Waals surface area contributed by atoms with Gasteiger partial charge < -0.3 is 0 Å². The first-order valence-electron chi connectivity index (χ1n) is 4.21. The number of ketones is 1. The number of benzene rings is 1. The Morgan fingerprint density at radius 1 is 1.40 bits per heavy atom. The van der Waals surface area contributed by atoms with Crippen LogP contribution in [0.15, 0.2) is 30.9 Å². The molecule has 0 amide bonds. The zero-order valence-electron chi connectivity index (χ0n) is 8.06. The summed E-state index contributed by atoms with van der Waals surface area (Å²) in [6, 6.07) is 3.08. The minimum Gasteiger partial charge on any atom is -0.289 e. The highest BCUT2D eigenvalue weighted by Gasteiger charge is 2.31. The molecule has 0 saturated carbocycles. The van der Waals surface area contributed by atoms with Crippen LogP contribution in [0.2, 0.25) is 0 Å². The number of allylic oxidation sites excluding steroid dienone is 1. The van der Waals surface area contributed by atoms with Gasteiger partial charge in [-0.15, -0.1) is 0 Å². The fourth-order valence-corrected chi connectivity index (χ4v) is 1.17. The highest BCUT2D eigenvalue weighted by molar-refractivity contribution is 6.05. The molecule has 0 aliphatic carbocycles. The van der Waals surface area contributed by atoms with E-state index < -0.39 is 17.5 Å². The summed E-state index contributed by atoms with van der Waals surface area (Å²) in [6.07, 6.45) is -3.42. The highest BCUT2D eigenvalue weighted by Crippen LogP contribution is 2.30. The van der Waals surface area contributed by atoms with Crippen molar-refractivity contribution in [1.29, 1.82) is 0 Å². The molecular formula is C11H9F3O. The standard InChI is InChI=1S/C11H9F3O/c1-3-10(15)9-6-8(11(12,13)14)5-4-7(9)2/h3-6H,1H2,2H3. The molecule has 0 fully saturated rings. The van der Waals surface area contributed by atoms with Gasteiger partial charge in [0, 0.05) is 5.56 Å². The lowest BCUT2D eigenvalue weighted by atomic mass is 10.0. The third-order valence-corrected chi connectivity index (χ3v) is 2.02. The third-order valence-electron chi connectivity index (χ3n) is 2.02. The Hall–Kier alpha value is -1.58. The Morgan fingerprint density at radius 3 is 2.47 bits per heavy atom. The van der Waals surface area contributed by atoms with Crippen molar-refractivity contribution in [2.45, 2.75) is 13.1 Å². The summed E-state index contributed by atoms with van der Waals surface area (Å²) in [5.74, 6) is -0.501. The highest BCUT2D eigenvalue weighted by atomic mass is 19.4. The summed E-state index contributed by atoms with van der Waals surface area (Å²) in [4.78, 5) is 11.2. The molecule has 1 aromatic carbocycles. The number of alkyl halides is 3. The number of rotatable bonds is 2. The van der Waals surface area contributed by atoms with E-state index in [1.807, 2.05) is 0 Å². The van der Waals surface area contributed by atoms with Gasteiger partial charge >= 0.3 is 6.18 Å². The van der Waals surface area contributed by atoms with E-state index in [2.05, 4.69) is 6.58 Å². The fraction of sp³-hybridized carbons (Fsp3) is 0.182. The zero-order chi connectivity index (χ0) is 11.6. The van der Waals surface area contributed by atoms with Crippen molar-refractivity contribution in [2.75, 3.05) is 0 Å². The first-order valence-corrected chi connectivity index (χ1v) is 4.21. The van der Waals surface area contributed by atoms with Gasteiger partial charge in [-0.1, -0.05) is 12.6 Å². The Kier molecular flexibility index (Phi) is 2.98. The molecule has 0 aliphatic heterocycles. The Bertz CT molecular complexity index is 405. The van der Waals surface area contributed by atoms with Crippen molar-refractivity contribution in [2.24, 2.45) is 0 Å². The van der Waals surface area contributed by atoms with E-state index in [9.17, 15) is 18.0 Å². The first-order chi connectivity index (χ1) is 6.86. The van der Waals surface area contributed by atoms with Crippen LogP contribution in [-0.4, -0.2) is 5.78 Å². The number of halogens is 3. The number of carbonyl (C=O) groups excluding carboxylic acids is 1. The number of hydrogen-bond donors (Lipinski definition) is 0. The molecule has 0 bridgehead atoms. The molecule has 0 saturated heterocycles. The molecule has 0 aromatic heterocycles. The average Bonchev–Trinajstić information content (AvgIpc) is 2.15. The van der Waals surface area contributed by atoms with Gasteiger partial charge in [-0.25, -0.2) is 0 Å². The summed E-state index contributed by atoms with van der Waals surface area (Å²) < 4.78 is 37.0. The van der Waals surface area contributed by atoms with Crippen LogP contribution in [0.25, 0.3) is 0 Å². The molecule has 1 rings (SSSR count). The van der Waals surface area contributed by atoms with Gasteiger partial charge in [-0.2, -0.15) is 13.2 Å². The lowest BCUT2D eigenvalue weighted by molar-refractivity contribution is -0.137. The molecule has 1 aromatic rings. The average molecular weight is 214 g/mol. The van der Waals surface area contributed by atoms with E-state index in [0.29, 0.717) is 5.56 Å². The van der Waals surface area contributed by atoms with Crippen molar-refractivity contribution >= 4 is 5.78 Å². The number of carbonyl (C=O) groups is 1. The van der Waals surface area contributed by atoms with E-state index in [0.717, 1.165) is 18.2 Å². The maximum Gasteiger partial charge on any atom is 0.416 e. The predicted molar refractivity (Wildman–Crippen MR) is 50.7 cm³/mol. The monoisotopic (exact) mass is 214 g/mol. The Labute approximate surface area is 85.2 Å². The van der Waals surface area contributed by atoms with Crippen molar-refractivity contribution in [1.82, 2.24) is 0 Å². The number of hydrogen-bond acceptors (Lipinski definition) is 1. The normalized spacial score (nSPS) is 11.2. The van der Waals surface area contributed by atoms with Crippen molar-refractivity contribution < 1.29 is 18.0 Å². The van der Waals surface area contributed by atoms with E-state index in [1.54, 1.807) is 6.92 Å².